The zero-order valence-corrected chi connectivity index (χ0v) is 15.5. The van der Waals surface area contributed by atoms with Gasteiger partial charge in [-0.15, -0.1) is 0 Å². The number of hydrogen-bond donors (Lipinski definition) is 2. The molecule has 0 fully saturated rings. The zero-order valence-electron chi connectivity index (χ0n) is 14.8. The molecule has 2 aromatic rings. The van der Waals surface area contributed by atoms with Crippen molar-refractivity contribution < 1.29 is 28.2 Å². The molecular weight excluding hydrogens is 383 g/mol. The van der Waals surface area contributed by atoms with E-state index in [1.807, 2.05) is 0 Å². The van der Waals surface area contributed by atoms with Crippen molar-refractivity contribution in [2.75, 3.05) is 0 Å². The fourth-order valence-corrected chi connectivity index (χ4v) is 2.98. The molecule has 0 unspecified atom stereocenters. The van der Waals surface area contributed by atoms with Gasteiger partial charge in [-0.25, -0.2) is 9.78 Å². The van der Waals surface area contributed by atoms with Crippen LogP contribution in [-0.4, -0.2) is 21.2 Å². The summed E-state index contributed by atoms with van der Waals surface area (Å²) in [5.41, 5.74) is 1.26. The molecule has 1 heterocycles. The van der Waals surface area contributed by atoms with Gasteiger partial charge in [0.25, 0.3) is 0 Å². The van der Waals surface area contributed by atoms with Gasteiger partial charge < -0.3 is 10.2 Å². The van der Waals surface area contributed by atoms with Crippen LogP contribution in [0, 0.1) is 13.8 Å². The molecule has 0 aliphatic carbocycles. The number of carbonyl (C=O) groups is 1. The Kier molecular flexibility index (Phi) is 5.85. The Labute approximate surface area is 158 Å². The van der Waals surface area contributed by atoms with Gasteiger partial charge in [0.2, 0.25) is 0 Å². The number of rotatable bonds is 4. The van der Waals surface area contributed by atoms with Gasteiger partial charge in [-0.2, -0.15) is 13.2 Å². The van der Waals surface area contributed by atoms with Crippen LogP contribution in [0.15, 0.2) is 23.9 Å². The molecule has 0 amide bonds. The number of alkyl halides is 3. The average Bonchev–Trinajstić information content (AvgIpc) is 2.53. The second-order valence-corrected chi connectivity index (χ2v) is 6.64. The van der Waals surface area contributed by atoms with E-state index in [0.29, 0.717) is 22.3 Å². The number of pyridine rings is 1. The predicted octanol–water partition coefficient (Wildman–Crippen LogP) is 5.42. The number of aromatic carboxylic acids is 1. The van der Waals surface area contributed by atoms with Crippen molar-refractivity contribution in [3.05, 3.63) is 62.4 Å². The van der Waals surface area contributed by atoms with Gasteiger partial charge in [0.05, 0.1) is 5.56 Å². The maximum atomic E-state index is 12.9. The lowest BCUT2D eigenvalue weighted by Crippen LogP contribution is -2.06. The normalized spacial score (nSPS) is 12.3. The maximum Gasteiger partial charge on any atom is 0.416 e. The maximum absolute atomic E-state index is 12.9. The van der Waals surface area contributed by atoms with Crippen LogP contribution in [-0.2, 0) is 12.6 Å². The van der Waals surface area contributed by atoms with Gasteiger partial charge in [0, 0.05) is 18.2 Å². The summed E-state index contributed by atoms with van der Waals surface area (Å²) in [7, 11) is 0. The molecule has 144 valence electrons. The summed E-state index contributed by atoms with van der Waals surface area (Å²) in [6, 6.07) is 2.15. The Morgan fingerprint density at radius 1 is 1.26 bits per heavy atom. The van der Waals surface area contributed by atoms with Crippen molar-refractivity contribution in [1.82, 2.24) is 4.98 Å². The Hall–Kier alpha value is -2.54. The first-order valence-electron chi connectivity index (χ1n) is 7.87. The molecule has 27 heavy (non-hydrogen) atoms. The number of carboxylic acid groups (broad SMARTS) is 1. The first-order valence-corrected chi connectivity index (χ1v) is 8.24. The molecule has 1 aromatic carbocycles. The van der Waals surface area contributed by atoms with Crippen molar-refractivity contribution in [3.8, 4) is 5.75 Å². The number of aromatic hydroxyl groups is 1. The summed E-state index contributed by atoms with van der Waals surface area (Å²) in [6.07, 6.45) is -1.67. The van der Waals surface area contributed by atoms with E-state index in [4.69, 9.17) is 16.7 Å². The number of carboxylic acids is 1. The molecule has 2 rings (SSSR count). The number of aromatic nitrogens is 1. The molecule has 0 bridgehead atoms. The van der Waals surface area contributed by atoms with Crippen molar-refractivity contribution >= 4 is 23.6 Å². The first kappa shape index (κ1) is 20.8. The molecule has 4 nitrogen and oxygen atoms in total. The van der Waals surface area contributed by atoms with Crippen LogP contribution in [0.2, 0.25) is 5.15 Å². The quantitative estimate of drug-likeness (QED) is 0.673. The molecule has 0 saturated heterocycles. The summed E-state index contributed by atoms with van der Waals surface area (Å²) >= 11 is 5.97. The van der Waals surface area contributed by atoms with E-state index < -0.39 is 23.5 Å². The van der Waals surface area contributed by atoms with Crippen LogP contribution in [0.1, 0.15) is 45.1 Å². The molecule has 0 spiro atoms. The van der Waals surface area contributed by atoms with E-state index in [1.54, 1.807) is 26.8 Å². The number of nitrogens with zero attached hydrogens (tertiary/aromatic N) is 1. The zero-order chi connectivity index (χ0) is 20.5. The van der Waals surface area contributed by atoms with Gasteiger partial charge in [-0.1, -0.05) is 23.3 Å². The van der Waals surface area contributed by atoms with Gasteiger partial charge in [0.1, 0.15) is 16.5 Å². The second kappa shape index (κ2) is 7.60. The number of hydrogen-bond acceptors (Lipinski definition) is 3. The molecule has 0 radical (unpaired) electrons. The summed E-state index contributed by atoms with van der Waals surface area (Å²) in [5, 5.41) is 19.2. The van der Waals surface area contributed by atoms with Crippen molar-refractivity contribution in [3.63, 3.8) is 0 Å². The molecule has 8 heteroatoms. The summed E-state index contributed by atoms with van der Waals surface area (Å²) in [5.74, 6) is -1.81. The van der Waals surface area contributed by atoms with Crippen LogP contribution in [0.25, 0.3) is 6.08 Å². The van der Waals surface area contributed by atoms with E-state index in [0.717, 1.165) is 18.3 Å². The second-order valence-electron chi connectivity index (χ2n) is 6.28. The third kappa shape index (κ3) is 4.60. The predicted molar refractivity (Wildman–Crippen MR) is 96.1 cm³/mol. The van der Waals surface area contributed by atoms with Gasteiger partial charge >= 0.3 is 12.1 Å². The van der Waals surface area contributed by atoms with E-state index in [9.17, 15) is 23.1 Å². The van der Waals surface area contributed by atoms with Crippen molar-refractivity contribution in [2.24, 2.45) is 0 Å². The van der Waals surface area contributed by atoms with E-state index in [-0.39, 0.29) is 22.7 Å². The van der Waals surface area contributed by atoms with Crippen molar-refractivity contribution in [1.29, 1.82) is 0 Å². The van der Waals surface area contributed by atoms with E-state index >= 15 is 0 Å². The Morgan fingerprint density at radius 2 is 1.81 bits per heavy atom. The summed E-state index contributed by atoms with van der Waals surface area (Å²) in [6.45, 7) is 4.87. The molecule has 0 saturated carbocycles. The minimum Gasteiger partial charge on any atom is -0.507 e. The molecule has 1 aromatic heterocycles. The van der Waals surface area contributed by atoms with E-state index in [1.165, 1.54) is 0 Å². The fraction of sp³-hybridized carbons (Fsp3) is 0.263. The largest absolute Gasteiger partial charge is 0.507 e. The fourth-order valence-electron chi connectivity index (χ4n) is 2.78. The molecule has 0 aliphatic heterocycles. The lowest BCUT2D eigenvalue weighted by atomic mass is 9.95. The first-order chi connectivity index (χ1) is 12.4. The molecule has 2 N–H and O–H groups in total. The number of benzene rings is 1. The van der Waals surface area contributed by atoms with Crippen LogP contribution in [0.4, 0.5) is 13.2 Å². The standard InChI is InChI=1S/C19H17ClF3NO3/c1-9(5-14-16(25)15(18(26)27)8-24-17(14)20)4-13-10(2)6-12(7-11(13)3)19(21,22)23/h4,6-8H,5H2,1-3H3,(H,24,25)(H,26,27)/b9-4+. The average molecular weight is 400 g/mol. The summed E-state index contributed by atoms with van der Waals surface area (Å²) in [4.78, 5) is 14.9. The lowest BCUT2D eigenvalue weighted by Gasteiger charge is -2.14. The van der Waals surface area contributed by atoms with Gasteiger partial charge in [-0.3, -0.25) is 0 Å². The SMILES string of the molecule is C/C(=C\c1c(C)cc(C(F)(F)F)cc1C)Cc1c(Cl)ncc(C(=O)O)c1O. The van der Waals surface area contributed by atoms with Gasteiger partial charge in [0.15, 0.2) is 0 Å². The third-order valence-corrected chi connectivity index (χ3v) is 4.42. The van der Waals surface area contributed by atoms with Crippen LogP contribution in [0.5, 0.6) is 5.75 Å². The Bertz CT molecular complexity index is 914. The highest BCUT2D eigenvalue weighted by atomic mass is 35.5. The van der Waals surface area contributed by atoms with Crippen LogP contribution in [0.3, 0.4) is 0 Å². The number of allylic oxidation sites excluding steroid dienone is 1. The molecule has 0 atom stereocenters. The smallest absolute Gasteiger partial charge is 0.416 e. The topological polar surface area (TPSA) is 70.4 Å². The Morgan fingerprint density at radius 3 is 2.30 bits per heavy atom. The minimum absolute atomic E-state index is 0.0360. The van der Waals surface area contributed by atoms with E-state index in [2.05, 4.69) is 4.98 Å². The summed E-state index contributed by atoms with van der Waals surface area (Å²) < 4.78 is 38.7. The lowest BCUT2D eigenvalue weighted by molar-refractivity contribution is -0.137. The third-order valence-electron chi connectivity index (χ3n) is 4.09. The highest BCUT2D eigenvalue weighted by Gasteiger charge is 2.31. The molecular formula is C19H17ClF3NO3. The number of halogens is 4. The van der Waals surface area contributed by atoms with Gasteiger partial charge in [-0.05, 0) is 49.6 Å². The minimum atomic E-state index is -4.42. The molecule has 0 aliphatic rings. The van der Waals surface area contributed by atoms with Crippen molar-refractivity contribution in [2.45, 2.75) is 33.4 Å². The van der Waals surface area contributed by atoms with Crippen LogP contribution < -0.4 is 0 Å². The highest BCUT2D eigenvalue weighted by Crippen LogP contribution is 2.34. The highest BCUT2D eigenvalue weighted by molar-refractivity contribution is 6.30. The van der Waals surface area contributed by atoms with Crippen LogP contribution >= 0.6 is 11.6 Å². The number of aryl methyl sites for hydroxylation is 2. The monoisotopic (exact) mass is 399 g/mol. The Balaban J connectivity index is 2.43.